The summed E-state index contributed by atoms with van der Waals surface area (Å²) in [7, 11) is 0. The summed E-state index contributed by atoms with van der Waals surface area (Å²) in [4.78, 5) is 0. The Kier molecular flexibility index (Phi) is 4.12. The number of aliphatic hydroxyl groups excluding tert-OH is 2. The van der Waals surface area contributed by atoms with Crippen molar-refractivity contribution in [2.75, 3.05) is 6.61 Å². The molecule has 1 aromatic carbocycles. The van der Waals surface area contributed by atoms with Gasteiger partial charge in [0.15, 0.2) is 0 Å². The lowest BCUT2D eigenvalue weighted by molar-refractivity contribution is -0.0428. The van der Waals surface area contributed by atoms with E-state index in [1.165, 1.54) is 0 Å². The van der Waals surface area contributed by atoms with Crippen molar-refractivity contribution >= 4 is 45.7 Å². The van der Waals surface area contributed by atoms with E-state index in [9.17, 15) is 10.2 Å². The molecule has 0 bridgehead atoms. The Balaban J connectivity index is 2.15. The Morgan fingerprint density at radius 2 is 1.95 bits per heavy atom. The first-order valence-electron chi connectivity index (χ1n) is 6.53. The number of ether oxygens (including phenoxy) is 1. The normalized spacial score (nSPS) is 25.9. The Morgan fingerprint density at radius 1 is 1.29 bits per heavy atom. The third-order valence-corrected chi connectivity index (χ3v) is 5.08. The van der Waals surface area contributed by atoms with Crippen LogP contribution in [0, 0.1) is 6.92 Å². The molecule has 3 atom stereocenters. The lowest BCUT2D eigenvalue weighted by atomic mass is 10.2. The second-order valence-corrected chi connectivity index (χ2v) is 6.36. The van der Waals surface area contributed by atoms with Gasteiger partial charge in [0.1, 0.15) is 17.5 Å². The molecule has 0 aliphatic carbocycles. The predicted molar refractivity (Wildman–Crippen MR) is 83.3 cm³/mol. The van der Waals surface area contributed by atoms with Crippen molar-refractivity contribution in [2.45, 2.75) is 31.8 Å². The third kappa shape index (κ3) is 2.44. The van der Waals surface area contributed by atoms with Crippen LogP contribution in [0.5, 0.6) is 0 Å². The molecule has 7 heteroatoms. The molecule has 1 aromatic heterocycles. The Hall–Kier alpha value is -0.490. The number of benzene rings is 1. The SMILES string of the molecule is Cc1c(Cl)n([C@H]2CC(O)[C@@H](CO)O2)c2cc(Cl)c(Cl)cc12. The van der Waals surface area contributed by atoms with Gasteiger partial charge in [0.25, 0.3) is 0 Å². The maximum absolute atomic E-state index is 9.90. The number of halogens is 3. The van der Waals surface area contributed by atoms with Crippen LogP contribution in [-0.2, 0) is 4.74 Å². The molecule has 1 aliphatic rings. The number of aromatic nitrogens is 1. The molecule has 21 heavy (non-hydrogen) atoms. The summed E-state index contributed by atoms with van der Waals surface area (Å²) in [5, 5.41) is 21.4. The minimum absolute atomic E-state index is 0.236. The Labute approximate surface area is 136 Å². The van der Waals surface area contributed by atoms with E-state index in [2.05, 4.69) is 0 Å². The average molecular weight is 351 g/mol. The largest absolute Gasteiger partial charge is 0.394 e. The molecule has 4 nitrogen and oxygen atoms in total. The van der Waals surface area contributed by atoms with E-state index in [1.807, 2.05) is 6.92 Å². The highest BCUT2D eigenvalue weighted by Crippen LogP contribution is 2.40. The summed E-state index contributed by atoms with van der Waals surface area (Å²) in [5.74, 6) is 0. The summed E-state index contributed by atoms with van der Waals surface area (Å²) < 4.78 is 7.47. The third-order valence-electron chi connectivity index (χ3n) is 3.90. The van der Waals surface area contributed by atoms with Gasteiger partial charge in [0.2, 0.25) is 0 Å². The molecule has 1 fully saturated rings. The van der Waals surface area contributed by atoms with E-state index in [4.69, 9.17) is 39.5 Å². The van der Waals surface area contributed by atoms with E-state index in [0.29, 0.717) is 21.6 Å². The van der Waals surface area contributed by atoms with Crippen LogP contribution in [0.4, 0.5) is 0 Å². The minimum atomic E-state index is -0.725. The topological polar surface area (TPSA) is 54.6 Å². The summed E-state index contributed by atoms with van der Waals surface area (Å²) in [6.07, 6.45) is -1.42. The fourth-order valence-electron chi connectivity index (χ4n) is 2.75. The number of hydrogen-bond donors (Lipinski definition) is 2. The maximum Gasteiger partial charge on any atom is 0.138 e. The zero-order valence-corrected chi connectivity index (χ0v) is 13.5. The van der Waals surface area contributed by atoms with Gasteiger partial charge in [-0.05, 0) is 24.6 Å². The fraction of sp³-hybridized carbons (Fsp3) is 0.429. The molecule has 0 saturated carbocycles. The summed E-state index contributed by atoms with van der Waals surface area (Å²) in [6.45, 7) is 1.65. The van der Waals surface area contributed by atoms with Crippen molar-refractivity contribution in [2.24, 2.45) is 0 Å². The molecule has 1 aliphatic heterocycles. The fourth-order valence-corrected chi connectivity index (χ4v) is 3.38. The molecule has 2 N–H and O–H groups in total. The molecule has 1 saturated heterocycles. The molecule has 2 aromatic rings. The number of rotatable bonds is 2. The molecule has 114 valence electrons. The van der Waals surface area contributed by atoms with Crippen LogP contribution in [0.3, 0.4) is 0 Å². The zero-order valence-electron chi connectivity index (χ0n) is 11.2. The van der Waals surface area contributed by atoms with Crippen LogP contribution in [-0.4, -0.2) is 33.6 Å². The zero-order chi connectivity index (χ0) is 15.3. The lowest BCUT2D eigenvalue weighted by Crippen LogP contribution is -2.24. The van der Waals surface area contributed by atoms with Crippen molar-refractivity contribution in [3.8, 4) is 0 Å². The number of hydrogen-bond acceptors (Lipinski definition) is 3. The first-order chi connectivity index (χ1) is 9.93. The second kappa shape index (κ2) is 5.61. The number of aliphatic hydroxyl groups is 2. The molecular formula is C14H14Cl3NO3. The van der Waals surface area contributed by atoms with E-state index in [1.54, 1.807) is 16.7 Å². The number of fused-ring (bicyclic) bond motifs is 1. The smallest absolute Gasteiger partial charge is 0.138 e. The molecular weight excluding hydrogens is 337 g/mol. The maximum atomic E-state index is 9.90. The van der Waals surface area contributed by atoms with E-state index in [-0.39, 0.29) is 6.61 Å². The molecule has 0 radical (unpaired) electrons. The number of aryl methyl sites for hydroxylation is 1. The average Bonchev–Trinajstić information content (AvgIpc) is 2.91. The van der Waals surface area contributed by atoms with Gasteiger partial charge in [-0.25, -0.2) is 0 Å². The molecule has 1 unspecified atom stereocenters. The van der Waals surface area contributed by atoms with Crippen molar-refractivity contribution in [3.05, 3.63) is 32.9 Å². The van der Waals surface area contributed by atoms with Crippen LogP contribution in [0.15, 0.2) is 12.1 Å². The van der Waals surface area contributed by atoms with Gasteiger partial charge in [-0.1, -0.05) is 34.8 Å². The summed E-state index contributed by atoms with van der Waals surface area (Å²) in [5.41, 5.74) is 1.67. The van der Waals surface area contributed by atoms with E-state index < -0.39 is 18.4 Å². The van der Waals surface area contributed by atoms with E-state index >= 15 is 0 Å². The molecule has 0 amide bonds. The van der Waals surface area contributed by atoms with Gasteiger partial charge in [-0.2, -0.15) is 0 Å². The standard InChI is InChI=1S/C14H14Cl3NO3/c1-6-7-2-8(15)9(16)3-10(7)18(14(6)17)13-4-11(20)12(5-19)21-13/h2-3,11-13,19-20H,4-5H2,1H3/t11?,12-,13-/m1/s1. The van der Waals surface area contributed by atoms with Gasteiger partial charge in [-0.15, -0.1) is 0 Å². The molecule has 0 spiro atoms. The quantitative estimate of drug-likeness (QED) is 0.871. The first kappa shape index (κ1) is 15.4. The van der Waals surface area contributed by atoms with Crippen molar-refractivity contribution in [1.29, 1.82) is 0 Å². The predicted octanol–water partition coefficient (Wildman–Crippen LogP) is 3.55. The highest BCUT2D eigenvalue weighted by molar-refractivity contribution is 6.43. The van der Waals surface area contributed by atoms with Crippen LogP contribution < -0.4 is 0 Å². The van der Waals surface area contributed by atoms with Crippen molar-refractivity contribution in [1.82, 2.24) is 4.57 Å². The first-order valence-corrected chi connectivity index (χ1v) is 7.66. The second-order valence-electron chi connectivity index (χ2n) is 5.18. The van der Waals surface area contributed by atoms with Crippen LogP contribution >= 0.6 is 34.8 Å². The van der Waals surface area contributed by atoms with Gasteiger partial charge >= 0.3 is 0 Å². The number of nitrogens with zero attached hydrogens (tertiary/aromatic N) is 1. The van der Waals surface area contributed by atoms with Crippen LogP contribution in [0.25, 0.3) is 10.9 Å². The monoisotopic (exact) mass is 349 g/mol. The Bertz CT molecular complexity index is 701. The highest BCUT2D eigenvalue weighted by Gasteiger charge is 2.36. The Morgan fingerprint density at radius 3 is 2.57 bits per heavy atom. The molecule has 3 rings (SSSR count). The van der Waals surface area contributed by atoms with E-state index in [0.717, 1.165) is 16.5 Å². The van der Waals surface area contributed by atoms with Gasteiger partial charge in [0.05, 0.1) is 28.3 Å². The van der Waals surface area contributed by atoms with Crippen LogP contribution in [0.2, 0.25) is 15.2 Å². The molecule has 2 heterocycles. The van der Waals surface area contributed by atoms with Crippen molar-refractivity contribution < 1.29 is 14.9 Å². The van der Waals surface area contributed by atoms with Gasteiger partial charge in [0, 0.05) is 11.8 Å². The van der Waals surface area contributed by atoms with Crippen molar-refractivity contribution in [3.63, 3.8) is 0 Å². The van der Waals surface area contributed by atoms with Crippen LogP contribution in [0.1, 0.15) is 18.2 Å². The highest BCUT2D eigenvalue weighted by atomic mass is 35.5. The summed E-state index contributed by atoms with van der Waals surface area (Å²) in [6, 6.07) is 3.51. The van der Waals surface area contributed by atoms with Gasteiger partial charge < -0.3 is 19.5 Å². The summed E-state index contributed by atoms with van der Waals surface area (Å²) >= 11 is 18.6. The minimum Gasteiger partial charge on any atom is -0.394 e. The van der Waals surface area contributed by atoms with Gasteiger partial charge in [-0.3, -0.25) is 0 Å². The lowest BCUT2D eigenvalue weighted by Gasteiger charge is -2.16.